The van der Waals surface area contributed by atoms with Crippen LogP contribution >= 0.6 is 11.3 Å². The topological polar surface area (TPSA) is 88.2 Å². The molecule has 6 nitrogen and oxygen atoms in total. The first-order chi connectivity index (χ1) is 15.3. The molecule has 1 heterocycles. The predicted molar refractivity (Wildman–Crippen MR) is 124 cm³/mol. The van der Waals surface area contributed by atoms with Crippen LogP contribution in [0.25, 0.3) is 10.6 Å². The highest BCUT2D eigenvalue weighted by Gasteiger charge is 2.16. The summed E-state index contributed by atoms with van der Waals surface area (Å²) in [6, 6.07) is 17.0. The normalized spacial score (nSPS) is 11.2. The van der Waals surface area contributed by atoms with Gasteiger partial charge in [0.1, 0.15) is 10.8 Å². The lowest BCUT2D eigenvalue weighted by Gasteiger charge is -2.10. The van der Waals surface area contributed by atoms with Crippen molar-refractivity contribution in [2.24, 2.45) is 0 Å². The summed E-state index contributed by atoms with van der Waals surface area (Å²) in [6.07, 6.45) is 1.72. The number of aryl methyl sites for hydroxylation is 1. The number of amides is 1. The Hall–Kier alpha value is -3.56. The van der Waals surface area contributed by atoms with Gasteiger partial charge in [-0.2, -0.15) is 0 Å². The summed E-state index contributed by atoms with van der Waals surface area (Å²) in [5.41, 5.74) is 2.41. The van der Waals surface area contributed by atoms with E-state index in [1.807, 2.05) is 23.6 Å². The number of sulfonamides is 1. The lowest BCUT2D eigenvalue weighted by molar-refractivity contribution is 0.102. The van der Waals surface area contributed by atoms with Crippen molar-refractivity contribution >= 4 is 38.6 Å². The molecule has 32 heavy (non-hydrogen) atoms. The van der Waals surface area contributed by atoms with Crippen LogP contribution in [0.4, 0.5) is 15.8 Å². The third-order valence-electron chi connectivity index (χ3n) is 4.64. The van der Waals surface area contributed by atoms with Gasteiger partial charge in [-0.25, -0.2) is 17.8 Å². The fourth-order valence-electron chi connectivity index (χ4n) is 2.99. The average molecular weight is 468 g/mol. The van der Waals surface area contributed by atoms with Gasteiger partial charge in [-0.1, -0.05) is 12.1 Å². The molecule has 9 heteroatoms. The molecule has 4 rings (SSSR count). The first kappa shape index (κ1) is 21.7. The van der Waals surface area contributed by atoms with Gasteiger partial charge in [-0.3, -0.25) is 9.52 Å². The molecule has 0 aliphatic rings. The predicted octanol–water partition coefficient (Wildman–Crippen LogP) is 5.31. The highest BCUT2D eigenvalue weighted by Crippen LogP contribution is 2.25. The number of hydrogen-bond donors (Lipinski definition) is 2. The second-order valence-corrected chi connectivity index (χ2v) is 9.54. The standard InChI is InChI=1S/C23H18FN3O3S2/c1-15-13-20(9-10-21(15)24)32(29,30)27-18-7-5-16(6-8-18)22(28)26-19-4-2-3-17(14-19)23-25-11-12-31-23/h2-14,27H,1H3,(H,26,28). The quantitative estimate of drug-likeness (QED) is 0.402. The van der Waals surface area contributed by atoms with E-state index in [9.17, 15) is 17.6 Å². The Balaban J connectivity index is 1.46. The maximum atomic E-state index is 13.4. The molecule has 2 N–H and O–H groups in total. The molecule has 4 aromatic rings. The Morgan fingerprint density at radius 2 is 1.78 bits per heavy atom. The van der Waals surface area contributed by atoms with Crippen molar-refractivity contribution in [3.63, 3.8) is 0 Å². The molecule has 0 spiro atoms. The van der Waals surface area contributed by atoms with Gasteiger partial charge < -0.3 is 5.32 Å². The third-order valence-corrected chi connectivity index (χ3v) is 6.84. The lowest BCUT2D eigenvalue weighted by Crippen LogP contribution is -2.14. The van der Waals surface area contributed by atoms with Crippen molar-refractivity contribution in [3.8, 4) is 10.6 Å². The van der Waals surface area contributed by atoms with Gasteiger partial charge in [0, 0.05) is 34.1 Å². The van der Waals surface area contributed by atoms with E-state index in [4.69, 9.17) is 0 Å². The second-order valence-electron chi connectivity index (χ2n) is 6.97. The zero-order valence-electron chi connectivity index (χ0n) is 16.9. The van der Waals surface area contributed by atoms with Crippen molar-refractivity contribution in [2.45, 2.75) is 11.8 Å². The molecule has 0 aliphatic carbocycles. The number of hydrogen-bond acceptors (Lipinski definition) is 5. The molecule has 3 aromatic carbocycles. The highest BCUT2D eigenvalue weighted by atomic mass is 32.2. The molecule has 0 saturated heterocycles. The number of rotatable bonds is 6. The molecule has 0 unspecified atom stereocenters. The van der Waals surface area contributed by atoms with Crippen LogP contribution in [-0.4, -0.2) is 19.3 Å². The van der Waals surface area contributed by atoms with Gasteiger partial charge in [0.2, 0.25) is 0 Å². The summed E-state index contributed by atoms with van der Waals surface area (Å²) in [7, 11) is -3.88. The maximum absolute atomic E-state index is 13.4. The number of carbonyl (C=O) groups excluding carboxylic acids is 1. The monoisotopic (exact) mass is 467 g/mol. The number of halogens is 1. The Morgan fingerprint density at radius 1 is 1.00 bits per heavy atom. The lowest BCUT2D eigenvalue weighted by atomic mass is 10.1. The van der Waals surface area contributed by atoms with Gasteiger partial charge >= 0.3 is 0 Å². The maximum Gasteiger partial charge on any atom is 0.261 e. The first-order valence-corrected chi connectivity index (χ1v) is 11.9. The number of anilines is 2. The smallest absolute Gasteiger partial charge is 0.261 e. The molecular formula is C23H18FN3O3S2. The van der Waals surface area contributed by atoms with Gasteiger partial charge in [-0.05, 0) is 67.1 Å². The highest BCUT2D eigenvalue weighted by molar-refractivity contribution is 7.92. The van der Waals surface area contributed by atoms with E-state index >= 15 is 0 Å². The van der Waals surface area contributed by atoms with Gasteiger partial charge in [0.05, 0.1) is 4.90 Å². The van der Waals surface area contributed by atoms with E-state index in [1.54, 1.807) is 12.3 Å². The second kappa shape index (κ2) is 8.89. The van der Waals surface area contributed by atoms with E-state index in [1.165, 1.54) is 54.7 Å². The molecule has 162 valence electrons. The minimum Gasteiger partial charge on any atom is -0.322 e. The summed E-state index contributed by atoms with van der Waals surface area (Å²) in [5, 5.41) is 5.57. The third kappa shape index (κ3) is 4.84. The Morgan fingerprint density at radius 3 is 2.47 bits per heavy atom. The number of nitrogens with zero attached hydrogens (tertiary/aromatic N) is 1. The van der Waals surface area contributed by atoms with Crippen molar-refractivity contribution in [1.82, 2.24) is 4.98 Å². The molecule has 0 atom stereocenters. The van der Waals surface area contributed by atoms with E-state index in [-0.39, 0.29) is 22.1 Å². The van der Waals surface area contributed by atoms with Crippen LogP contribution in [0.5, 0.6) is 0 Å². The molecular weight excluding hydrogens is 449 g/mol. The van der Waals surface area contributed by atoms with Crippen LogP contribution in [-0.2, 0) is 10.0 Å². The first-order valence-electron chi connectivity index (χ1n) is 9.52. The molecule has 1 aromatic heterocycles. The van der Waals surface area contributed by atoms with Gasteiger partial charge in [-0.15, -0.1) is 11.3 Å². The molecule has 0 bridgehead atoms. The van der Waals surface area contributed by atoms with E-state index in [2.05, 4.69) is 15.0 Å². The zero-order chi connectivity index (χ0) is 22.7. The molecule has 0 aliphatic heterocycles. The van der Waals surface area contributed by atoms with Crippen molar-refractivity contribution in [2.75, 3.05) is 10.0 Å². The summed E-state index contributed by atoms with van der Waals surface area (Å²) < 4.78 is 40.9. The molecule has 0 radical (unpaired) electrons. The Bertz CT molecular complexity index is 1370. The van der Waals surface area contributed by atoms with Crippen molar-refractivity contribution < 1.29 is 17.6 Å². The largest absolute Gasteiger partial charge is 0.322 e. The SMILES string of the molecule is Cc1cc(S(=O)(=O)Nc2ccc(C(=O)Nc3cccc(-c4nccs4)c3)cc2)ccc1F. The van der Waals surface area contributed by atoms with Crippen LogP contribution in [0.2, 0.25) is 0 Å². The Labute approximate surface area is 188 Å². The van der Waals surface area contributed by atoms with Crippen molar-refractivity contribution in [1.29, 1.82) is 0 Å². The van der Waals surface area contributed by atoms with Crippen molar-refractivity contribution in [3.05, 3.63) is 95.3 Å². The molecule has 0 saturated carbocycles. The van der Waals surface area contributed by atoms with Crippen LogP contribution in [0.15, 0.2) is 83.2 Å². The summed E-state index contributed by atoms with van der Waals surface area (Å²) in [5.74, 6) is -0.804. The van der Waals surface area contributed by atoms with Crippen LogP contribution in [0.1, 0.15) is 15.9 Å². The minimum absolute atomic E-state index is 0.0432. The summed E-state index contributed by atoms with van der Waals surface area (Å²) in [4.78, 5) is 16.8. The van der Waals surface area contributed by atoms with E-state index < -0.39 is 15.8 Å². The number of thiazole rings is 1. The van der Waals surface area contributed by atoms with E-state index in [0.29, 0.717) is 11.3 Å². The van der Waals surface area contributed by atoms with Gasteiger partial charge in [0.25, 0.3) is 15.9 Å². The number of benzene rings is 3. The summed E-state index contributed by atoms with van der Waals surface area (Å²) in [6.45, 7) is 1.49. The average Bonchev–Trinajstić information content (AvgIpc) is 3.31. The van der Waals surface area contributed by atoms with E-state index in [0.717, 1.165) is 16.6 Å². The minimum atomic E-state index is -3.88. The number of aromatic nitrogens is 1. The zero-order valence-corrected chi connectivity index (χ0v) is 18.5. The van der Waals surface area contributed by atoms with Crippen LogP contribution < -0.4 is 10.0 Å². The van der Waals surface area contributed by atoms with Gasteiger partial charge in [0.15, 0.2) is 0 Å². The fraction of sp³-hybridized carbons (Fsp3) is 0.0435. The number of nitrogens with one attached hydrogen (secondary N) is 2. The molecule has 1 amide bonds. The van der Waals surface area contributed by atoms with Crippen LogP contribution in [0, 0.1) is 12.7 Å². The fourth-order valence-corrected chi connectivity index (χ4v) is 4.77. The number of carbonyl (C=O) groups is 1. The molecule has 0 fully saturated rings. The van der Waals surface area contributed by atoms with Crippen LogP contribution in [0.3, 0.4) is 0 Å². The summed E-state index contributed by atoms with van der Waals surface area (Å²) >= 11 is 1.51. The Kier molecular flexibility index (Phi) is 6.02.